The maximum atomic E-state index is 12.5. The minimum atomic E-state index is -0.871. The van der Waals surface area contributed by atoms with Crippen molar-refractivity contribution in [3.05, 3.63) is 72.9 Å². The van der Waals surface area contributed by atoms with E-state index in [1.165, 1.54) is 244 Å². The van der Waals surface area contributed by atoms with Gasteiger partial charge in [-0.3, -0.25) is 4.79 Å². The molecule has 0 heterocycles. The molecular formula is C65H119NO3. The van der Waals surface area contributed by atoms with Crippen LogP contribution in [0.15, 0.2) is 72.9 Å². The molecule has 0 aromatic heterocycles. The number of carbonyl (C=O) groups excluding carboxylic acids is 1. The Morgan fingerprint density at radius 2 is 0.609 bits per heavy atom. The summed E-state index contributed by atoms with van der Waals surface area (Å²) in [6.07, 6.45) is 86.7. The zero-order valence-electron chi connectivity index (χ0n) is 46.3. The molecule has 0 radical (unpaired) electrons. The van der Waals surface area contributed by atoms with Gasteiger partial charge in [0.2, 0.25) is 5.91 Å². The van der Waals surface area contributed by atoms with Gasteiger partial charge < -0.3 is 15.5 Å². The van der Waals surface area contributed by atoms with Gasteiger partial charge in [0.25, 0.3) is 0 Å². The molecule has 0 aliphatic rings. The van der Waals surface area contributed by atoms with Crippen molar-refractivity contribution < 1.29 is 15.0 Å². The van der Waals surface area contributed by atoms with E-state index >= 15 is 0 Å². The van der Waals surface area contributed by atoms with Gasteiger partial charge in [-0.15, -0.1) is 0 Å². The second-order valence-corrected chi connectivity index (χ2v) is 20.7. The van der Waals surface area contributed by atoms with Gasteiger partial charge in [0.1, 0.15) is 0 Å². The van der Waals surface area contributed by atoms with E-state index in [1.807, 2.05) is 6.08 Å². The highest BCUT2D eigenvalue weighted by molar-refractivity contribution is 5.76. The summed E-state index contributed by atoms with van der Waals surface area (Å²) in [7, 11) is 0. The third-order valence-corrected chi connectivity index (χ3v) is 13.9. The van der Waals surface area contributed by atoms with E-state index in [2.05, 4.69) is 79.9 Å². The summed E-state index contributed by atoms with van der Waals surface area (Å²) in [5.74, 6) is -0.0747. The maximum Gasteiger partial charge on any atom is 0.220 e. The normalized spacial score (nSPS) is 13.3. The zero-order chi connectivity index (χ0) is 49.9. The molecule has 0 aliphatic carbocycles. The number of unbranched alkanes of at least 4 members (excludes halogenated alkanes) is 39. The molecular weight excluding hydrogens is 843 g/mol. The lowest BCUT2D eigenvalue weighted by atomic mass is 10.0. The van der Waals surface area contributed by atoms with Gasteiger partial charge in [0.15, 0.2) is 0 Å². The molecule has 0 bridgehead atoms. The van der Waals surface area contributed by atoms with Crippen LogP contribution in [-0.4, -0.2) is 34.9 Å². The molecule has 69 heavy (non-hydrogen) atoms. The molecule has 0 aliphatic heterocycles. The summed E-state index contributed by atoms with van der Waals surface area (Å²) in [6.45, 7) is 4.28. The number of rotatable bonds is 56. The number of aliphatic hydroxyl groups is 2. The zero-order valence-corrected chi connectivity index (χ0v) is 46.3. The molecule has 1 amide bonds. The highest BCUT2D eigenvalue weighted by Gasteiger charge is 2.18. The standard InChI is InChI=1S/C65H119NO3/c1-3-5-7-9-11-13-15-17-19-21-22-23-24-25-26-27-28-29-30-31-32-33-34-35-36-37-38-39-40-41-42-43-44-45-47-49-51-53-55-57-59-61-65(69)66-63(62-67)64(68)60-58-56-54-52-50-48-46-20-18-16-14-12-10-8-6-4-2/h15,17-18,20-22,24-25,50,52,58,60,63-64,67-68H,3-14,16,19,23,26-49,51,53-57,59,61-62H2,1-2H3,(H,66,69)/b17-15-,20-18+,22-21-,25-24-,52-50+,60-58+. The summed E-state index contributed by atoms with van der Waals surface area (Å²) in [6, 6.07) is -0.646. The Kier molecular flexibility index (Phi) is 58.2. The lowest BCUT2D eigenvalue weighted by molar-refractivity contribution is -0.123. The molecule has 402 valence electrons. The number of amides is 1. The van der Waals surface area contributed by atoms with Crippen LogP contribution in [0.4, 0.5) is 0 Å². The van der Waals surface area contributed by atoms with Crippen molar-refractivity contribution in [2.24, 2.45) is 0 Å². The van der Waals surface area contributed by atoms with Crippen molar-refractivity contribution in [3.8, 4) is 0 Å². The Morgan fingerprint density at radius 3 is 0.942 bits per heavy atom. The van der Waals surface area contributed by atoms with Gasteiger partial charge in [0.05, 0.1) is 18.8 Å². The van der Waals surface area contributed by atoms with Crippen LogP contribution in [0.25, 0.3) is 0 Å². The molecule has 3 N–H and O–H groups in total. The number of allylic oxidation sites excluding steroid dienone is 11. The summed E-state index contributed by atoms with van der Waals surface area (Å²) >= 11 is 0. The highest BCUT2D eigenvalue weighted by Crippen LogP contribution is 2.17. The number of aliphatic hydroxyl groups excluding tert-OH is 2. The minimum absolute atomic E-state index is 0.0747. The number of hydrogen-bond acceptors (Lipinski definition) is 3. The third kappa shape index (κ3) is 56.6. The second kappa shape index (κ2) is 60.1. The fraction of sp³-hybridized carbons (Fsp3) is 0.800. The quantitative estimate of drug-likeness (QED) is 0.0420. The van der Waals surface area contributed by atoms with Crippen LogP contribution in [0.3, 0.4) is 0 Å². The predicted octanol–water partition coefficient (Wildman–Crippen LogP) is 20.5. The smallest absolute Gasteiger partial charge is 0.220 e. The largest absolute Gasteiger partial charge is 0.394 e. The first-order chi connectivity index (χ1) is 34.2. The van der Waals surface area contributed by atoms with E-state index in [-0.39, 0.29) is 12.5 Å². The van der Waals surface area contributed by atoms with E-state index in [9.17, 15) is 15.0 Å². The van der Waals surface area contributed by atoms with Crippen molar-refractivity contribution in [3.63, 3.8) is 0 Å². The second-order valence-electron chi connectivity index (χ2n) is 20.7. The van der Waals surface area contributed by atoms with E-state index < -0.39 is 12.1 Å². The highest BCUT2D eigenvalue weighted by atomic mass is 16.3. The molecule has 0 spiro atoms. The molecule has 4 nitrogen and oxygen atoms in total. The van der Waals surface area contributed by atoms with Crippen molar-refractivity contribution in [1.82, 2.24) is 5.32 Å². The van der Waals surface area contributed by atoms with E-state index in [4.69, 9.17) is 0 Å². The first-order valence-electron chi connectivity index (χ1n) is 30.7. The van der Waals surface area contributed by atoms with Gasteiger partial charge in [-0.25, -0.2) is 0 Å². The third-order valence-electron chi connectivity index (χ3n) is 13.9. The van der Waals surface area contributed by atoms with Crippen molar-refractivity contribution in [2.75, 3.05) is 6.61 Å². The molecule has 0 aromatic rings. The number of carbonyl (C=O) groups is 1. The van der Waals surface area contributed by atoms with Crippen LogP contribution in [0.5, 0.6) is 0 Å². The van der Waals surface area contributed by atoms with Crippen LogP contribution >= 0.6 is 0 Å². The van der Waals surface area contributed by atoms with Crippen LogP contribution in [-0.2, 0) is 4.79 Å². The average Bonchev–Trinajstić information content (AvgIpc) is 3.35. The molecule has 0 rings (SSSR count). The Morgan fingerprint density at radius 1 is 0.348 bits per heavy atom. The van der Waals surface area contributed by atoms with Crippen LogP contribution < -0.4 is 5.32 Å². The monoisotopic (exact) mass is 962 g/mol. The Hall–Kier alpha value is -2.17. The molecule has 0 saturated carbocycles. The lowest BCUT2D eigenvalue weighted by Gasteiger charge is -2.19. The van der Waals surface area contributed by atoms with Gasteiger partial charge in [0, 0.05) is 6.42 Å². The van der Waals surface area contributed by atoms with E-state index in [0.29, 0.717) is 6.42 Å². The van der Waals surface area contributed by atoms with Crippen molar-refractivity contribution in [2.45, 2.75) is 328 Å². The SMILES string of the molecule is CCCCCCC/C=C\C/C=C\C/C=C\CCCCCCCCCCCCCCCCCCCCCCCCCCCCC(=O)NC(CO)C(O)/C=C/CC/C=C/CC/C=C/CCCCCCCC. The van der Waals surface area contributed by atoms with E-state index in [1.54, 1.807) is 6.08 Å². The number of hydrogen-bond donors (Lipinski definition) is 3. The Balaban J connectivity index is 3.43. The van der Waals surface area contributed by atoms with Crippen LogP contribution in [0.2, 0.25) is 0 Å². The van der Waals surface area contributed by atoms with E-state index in [0.717, 1.165) is 51.4 Å². The predicted molar refractivity (Wildman–Crippen MR) is 308 cm³/mol. The summed E-state index contributed by atoms with van der Waals surface area (Å²) < 4.78 is 0. The van der Waals surface area contributed by atoms with Crippen molar-refractivity contribution in [1.29, 1.82) is 0 Å². The fourth-order valence-electron chi connectivity index (χ4n) is 9.22. The van der Waals surface area contributed by atoms with Crippen LogP contribution in [0.1, 0.15) is 316 Å². The first kappa shape index (κ1) is 66.8. The number of nitrogens with one attached hydrogen (secondary N) is 1. The lowest BCUT2D eigenvalue weighted by Crippen LogP contribution is -2.45. The van der Waals surface area contributed by atoms with Gasteiger partial charge in [-0.05, 0) is 83.5 Å². The molecule has 4 heteroatoms. The van der Waals surface area contributed by atoms with Gasteiger partial charge in [-0.1, -0.05) is 299 Å². The molecule has 2 atom stereocenters. The van der Waals surface area contributed by atoms with Crippen molar-refractivity contribution >= 4 is 5.91 Å². The maximum absolute atomic E-state index is 12.5. The fourth-order valence-corrected chi connectivity index (χ4v) is 9.22. The first-order valence-corrected chi connectivity index (χ1v) is 30.7. The minimum Gasteiger partial charge on any atom is -0.394 e. The Labute approximate surface area is 431 Å². The Bertz CT molecular complexity index is 1180. The topological polar surface area (TPSA) is 69.6 Å². The van der Waals surface area contributed by atoms with Crippen LogP contribution in [0, 0.1) is 0 Å². The van der Waals surface area contributed by atoms with Gasteiger partial charge in [-0.2, -0.15) is 0 Å². The summed E-state index contributed by atoms with van der Waals surface area (Å²) in [4.78, 5) is 12.5. The molecule has 0 fully saturated rings. The molecule has 2 unspecified atom stereocenters. The summed E-state index contributed by atoms with van der Waals surface area (Å²) in [5.41, 5.74) is 0. The summed E-state index contributed by atoms with van der Waals surface area (Å²) in [5, 5.41) is 23.1. The average molecular weight is 963 g/mol. The van der Waals surface area contributed by atoms with Gasteiger partial charge >= 0.3 is 0 Å². The molecule has 0 saturated heterocycles. The molecule has 0 aromatic carbocycles.